The number of hydrogen-bond donors (Lipinski definition) is 2. The highest BCUT2D eigenvalue weighted by molar-refractivity contribution is 5.68. The smallest absolute Gasteiger partial charge is 0.407 e. The Morgan fingerprint density at radius 3 is 2.72 bits per heavy atom. The van der Waals surface area contributed by atoms with Gasteiger partial charge in [0.2, 0.25) is 0 Å². The molecular weight excluding hydrogens is 316 g/mol. The molecule has 1 saturated carbocycles. The van der Waals surface area contributed by atoms with E-state index in [4.69, 9.17) is 9.47 Å². The maximum atomic E-state index is 12.0. The topological polar surface area (TPSA) is 59.6 Å². The minimum Gasteiger partial charge on any atom is -0.494 e. The first-order valence-electron chi connectivity index (χ1n) is 9.29. The van der Waals surface area contributed by atoms with Crippen molar-refractivity contribution in [2.75, 3.05) is 13.2 Å². The summed E-state index contributed by atoms with van der Waals surface area (Å²) in [7, 11) is 0. The zero-order valence-corrected chi connectivity index (χ0v) is 15.9. The number of hydrogen-bond acceptors (Lipinski definition) is 4. The standard InChI is InChI=1S/C20H32N2O3/c1-5-11-24-17-8-6-7-15(12-17)13-21-14-18(16-9-10-16)22-19(23)25-20(2,3)4/h6-8,12,16,18,21H,5,9-11,13-14H2,1-4H3,(H,22,23). The Labute approximate surface area is 151 Å². The second kappa shape index (κ2) is 9.09. The molecule has 2 rings (SSSR count). The molecule has 1 aromatic carbocycles. The van der Waals surface area contributed by atoms with E-state index in [1.165, 1.54) is 18.4 Å². The Morgan fingerprint density at radius 1 is 1.32 bits per heavy atom. The summed E-state index contributed by atoms with van der Waals surface area (Å²) in [4.78, 5) is 12.0. The van der Waals surface area contributed by atoms with Crippen LogP contribution in [-0.2, 0) is 11.3 Å². The lowest BCUT2D eigenvalue weighted by Gasteiger charge is -2.24. The van der Waals surface area contributed by atoms with Crippen LogP contribution in [0, 0.1) is 5.92 Å². The van der Waals surface area contributed by atoms with Crippen LogP contribution in [0.15, 0.2) is 24.3 Å². The molecule has 0 heterocycles. The summed E-state index contributed by atoms with van der Waals surface area (Å²) in [6, 6.07) is 8.26. The molecule has 1 aliphatic rings. The fourth-order valence-corrected chi connectivity index (χ4v) is 2.63. The molecular formula is C20H32N2O3. The van der Waals surface area contributed by atoms with Crippen molar-refractivity contribution in [1.29, 1.82) is 0 Å². The fraction of sp³-hybridized carbons (Fsp3) is 0.650. The van der Waals surface area contributed by atoms with Crippen LogP contribution in [0.2, 0.25) is 0 Å². The zero-order chi connectivity index (χ0) is 18.3. The van der Waals surface area contributed by atoms with Crippen LogP contribution in [-0.4, -0.2) is 30.9 Å². The van der Waals surface area contributed by atoms with Crippen molar-refractivity contribution in [3.63, 3.8) is 0 Å². The molecule has 1 amide bonds. The predicted molar refractivity (Wildman–Crippen MR) is 99.8 cm³/mol. The Bertz CT molecular complexity index is 550. The number of amides is 1. The molecule has 25 heavy (non-hydrogen) atoms. The summed E-state index contributed by atoms with van der Waals surface area (Å²) < 4.78 is 11.0. The van der Waals surface area contributed by atoms with Crippen molar-refractivity contribution in [2.24, 2.45) is 5.92 Å². The lowest BCUT2D eigenvalue weighted by Crippen LogP contribution is -2.45. The second-order valence-electron chi connectivity index (χ2n) is 7.72. The number of nitrogens with one attached hydrogen (secondary N) is 2. The normalized spacial score (nSPS) is 15.5. The molecule has 1 atom stereocenters. The van der Waals surface area contributed by atoms with Gasteiger partial charge in [0.15, 0.2) is 0 Å². The minimum atomic E-state index is -0.468. The molecule has 140 valence electrons. The SMILES string of the molecule is CCCOc1cccc(CNCC(NC(=O)OC(C)(C)C)C2CC2)c1. The van der Waals surface area contributed by atoms with E-state index in [9.17, 15) is 4.79 Å². The molecule has 0 radical (unpaired) electrons. The van der Waals surface area contributed by atoms with Gasteiger partial charge in [-0.2, -0.15) is 0 Å². The molecule has 2 N–H and O–H groups in total. The first kappa shape index (κ1) is 19.6. The number of carbonyl (C=O) groups is 1. The second-order valence-corrected chi connectivity index (χ2v) is 7.72. The third-order valence-electron chi connectivity index (χ3n) is 3.96. The van der Waals surface area contributed by atoms with E-state index in [2.05, 4.69) is 29.7 Å². The highest BCUT2D eigenvalue weighted by Gasteiger charge is 2.33. The number of alkyl carbamates (subject to hydrolysis) is 1. The van der Waals surface area contributed by atoms with E-state index >= 15 is 0 Å². The monoisotopic (exact) mass is 348 g/mol. The number of benzene rings is 1. The summed E-state index contributed by atoms with van der Waals surface area (Å²) in [6.07, 6.45) is 3.01. The van der Waals surface area contributed by atoms with E-state index in [1.807, 2.05) is 32.9 Å². The van der Waals surface area contributed by atoms with Crippen LogP contribution in [0.1, 0.15) is 52.5 Å². The largest absolute Gasteiger partial charge is 0.494 e. The molecule has 0 bridgehead atoms. The Kier molecular flexibility index (Phi) is 7.12. The van der Waals surface area contributed by atoms with Gasteiger partial charge < -0.3 is 20.1 Å². The van der Waals surface area contributed by atoms with E-state index in [0.29, 0.717) is 5.92 Å². The zero-order valence-electron chi connectivity index (χ0n) is 15.9. The third-order valence-corrected chi connectivity index (χ3v) is 3.96. The van der Waals surface area contributed by atoms with E-state index in [0.717, 1.165) is 31.9 Å². The van der Waals surface area contributed by atoms with Gasteiger partial charge in [0.05, 0.1) is 6.61 Å². The number of ether oxygens (including phenoxy) is 2. The van der Waals surface area contributed by atoms with Crippen LogP contribution in [0.5, 0.6) is 5.75 Å². The predicted octanol–water partition coefficient (Wildman–Crippen LogP) is 3.87. The van der Waals surface area contributed by atoms with Gasteiger partial charge in [-0.05, 0) is 63.6 Å². The van der Waals surface area contributed by atoms with Crippen LogP contribution in [0.25, 0.3) is 0 Å². The van der Waals surface area contributed by atoms with Gasteiger partial charge >= 0.3 is 6.09 Å². The van der Waals surface area contributed by atoms with E-state index < -0.39 is 5.60 Å². The Hall–Kier alpha value is -1.75. The molecule has 0 spiro atoms. The van der Waals surface area contributed by atoms with Crippen molar-refractivity contribution in [3.05, 3.63) is 29.8 Å². The summed E-state index contributed by atoms with van der Waals surface area (Å²) in [5, 5.41) is 6.46. The molecule has 1 unspecified atom stereocenters. The summed E-state index contributed by atoms with van der Waals surface area (Å²) in [5.41, 5.74) is 0.713. The molecule has 1 aliphatic carbocycles. The maximum absolute atomic E-state index is 12.0. The first-order chi connectivity index (χ1) is 11.9. The number of carbonyl (C=O) groups excluding carboxylic acids is 1. The van der Waals surface area contributed by atoms with Crippen LogP contribution in [0.4, 0.5) is 4.79 Å². The van der Waals surface area contributed by atoms with Crippen LogP contribution < -0.4 is 15.4 Å². The van der Waals surface area contributed by atoms with Crippen molar-refractivity contribution in [3.8, 4) is 5.75 Å². The van der Waals surface area contributed by atoms with Gasteiger partial charge in [-0.3, -0.25) is 0 Å². The molecule has 0 aromatic heterocycles. The Balaban J connectivity index is 1.79. The van der Waals surface area contributed by atoms with Gasteiger partial charge in [0.1, 0.15) is 11.4 Å². The molecule has 1 fully saturated rings. The van der Waals surface area contributed by atoms with Crippen molar-refractivity contribution < 1.29 is 14.3 Å². The molecule has 5 nitrogen and oxygen atoms in total. The third kappa shape index (κ3) is 7.78. The van der Waals surface area contributed by atoms with Crippen LogP contribution >= 0.6 is 0 Å². The van der Waals surface area contributed by atoms with Gasteiger partial charge in [-0.15, -0.1) is 0 Å². The summed E-state index contributed by atoms with van der Waals surface area (Å²) in [6.45, 7) is 9.97. The average Bonchev–Trinajstić information content (AvgIpc) is 3.35. The van der Waals surface area contributed by atoms with Crippen LogP contribution in [0.3, 0.4) is 0 Å². The Morgan fingerprint density at radius 2 is 2.08 bits per heavy atom. The van der Waals surface area contributed by atoms with Crippen molar-refractivity contribution in [2.45, 2.75) is 65.1 Å². The van der Waals surface area contributed by atoms with Crippen molar-refractivity contribution in [1.82, 2.24) is 10.6 Å². The highest BCUT2D eigenvalue weighted by Crippen LogP contribution is 2.32. The quantitative estimate of drug-likeness (QED) is 0.711. The lowest BCUT2D eigenvalue weighted by molar-refractivity contribution is 0.0497. The van der Waals surface area contributed by atoms with E-state index in [-0.39, 0.29) is 12.1 Å². The molecule has 1 aromatic rings. The van der Waals surface area contributed by atoms with Gasteiger partial charge in [0.25, 0.3) is 0 Å². The van der Waals surface area contributed by atoms with Gasteiger partial charge in [0, 0.05) is 19.1 Å². The summed E-state index contributed by atoms with van der Waals surface area (Å²) >= 11 is 0. The lowest BCUT2D eigenvalue weighted by atomic mass is 10.1. The minimum absolute atomic E-state index is 0.120. The van der Waals surface area contributed by atoms with Crippen molar-refractivity contribution >= 4 is 6.09 Å². The fourth-order valence-electron chi connectivity index (χ4n) is 2.63. The highest BCUT2D eigenvalue weighted by atomic mass is 16.6. The molecule has 5 heteroatoms. The summed E-state index contributed by atoms with van der Waals surface area (Å²) in [5.74, 6) is 1.46. The first-order valence-corrected chi connectivity index (χ1v) is 9.29. The average molecular weight is 348 g/mol. The van der Waals surface area contributed by atoms with Gasteiger partial charge in [-0.25, -0.2) is 4.79 Å². The molecule has 0 aliphatic heterocycles. The van der Waals surface area contributed by atoms with E-state index in [1.54, 1.807) is 0 Å². The molecule has 0 saturated heterocycles. The van der Waals surface area contributed by atoms with Gasteiger partial charge in [-0.1, -0.05) is 19.1 Å². The number of rotatable bonds is 9. The maximum Gasteiger partial charge on any atom is 0.407 e.